The number of aromatic hydroxyl groups is 1. The molecular formula is C17H16FNO2. The lowest BCUT2D eigenvalue weighted by Gasteiger charge is -2.17. The second kappa shape index (κ2) is 5.56. The van der Waals surface area contributed by atoms with Crippen molar-refractivity contribution in [1.82, 2.24) is 4.90 Å². The Kier molecular flexibility index (Phi) is 3.60. The van der Waals surface area contributed by atoms with Gasteiger partial charge in [0, 0.05) is 19.0 Å². The van der Waals surface area contributed by atoms with E-state index in [0.29, 0.717) is 18.7 Å². The highest BCUT2D eigenvalue weighted by Gasteiger charge is 2.29. The molecule has 1 fully saturated rings. The summed E-state index contributed by atoms with van der Waals surface area (Å²) < 4.78 is 13.3. The summed E-state index contributed by atoms with van der Waals surface area (Å²) in [6.45, 7) is 1.17. The van der Waals surface area contributed by atoms with Crippen molar-refractivity contribution in [3.8, 4) is 5.75 Å². The van der Waals surface area contributed by atoms with Gasteiger partial charge in [-0.25, -0.2) is 4.39 Å². The van der Waals surface area contributed by atoms with Crippen LogP contribution in [0.2, 0.25) is 0 Å². The largest absolute Gasteiger partial charge is 0.507 e. The number of halogens is 1. The maximum absolute atomic E-state index is 13.3. The normalized spacial score (nSPS) is 18.0. The number of likely N-dealkylation sites (tertiary alicyclic amines) is 1. The van der Waals surface area contributed by atoms with E-state index in [4.69, 9.17) is 0 Å². The van der Waals surface area contributed by atoms with E-state index in [1.54, 1.807) is 29.2 Å². The molecule has 2 aromatic rings. The topological polar surface area (TPSA) is 40.5 Å². The molecule has 1 saturated heterocycles. The zero-order valence-corrected chi connectivity index (χ0v) is 11.5. The molecule has 0 aliphatic carbocycles. The second-order valence-corrected chi connectivity index (χ2v) is 5.31. The lowest BCUT2D eigenvalue weighted by molar-refractivity contribution is 0.0788. The number of benzene rings is 2. The van der Waals surface area contributed by atoms with Crippen LogP contribution in [0.4, 0.5) is 4.39 Å². The minimum Gasteiger partial charge on any atom is -0.507 e. The number of carbonyl (C=O) groups is 1. The van der Waals surface area contributed by atoms with Gasteiger partial charge in [0.1, 0.15) is 11.6 Å². The van der Waals surface area contributed by atoms with Crippen molar-refractivity contribution < 1.29 is 14.3 Å². The minimum atomic E-state index is -0.252. The van der Waals surface area contributed by atoms with E-state index in [2.05, 4.69) is 0 Å². The zero-order chi connectivity index (χ0) is 14.8. The zero-order valence-electron chi connectivity index (χ0n) is 11.5. The molecule has 1 aliphatic rings. The molecule has 1 atom stereocenters. The third-order valence-electron chi connectivity index (χ3n) is 3.93. The van der Waals surface area contributed by atoms with E-state index in [-0.39, 0.29) is 23.4 Å². The Balaban J connectivity index is 1.75. The monoisotopic (exact) mass is 285 g/mol. The summed E-state index contributed by atoms with van der Waals surface area (Å²) in [5, 5.41) is 9.76. The lowest BCUT2D eigenvalue weighted by atomic mass is 9.98. The highest BCUT2D eigenvalue weighted by molar-refractivity contribution is 5.97. The Labute approximate surface area is 122 Å². The predicted octanol–water partition coefficient (Wildman–Crippen LogP) is 3.16. The Morgan fingerprint density at radius 2 is 2.00 bits per heavy atom. The summed E-state index contributed by atoms with van der Waals surface area (Å²) in [6.07, 6.45) is 0.808. The van der Waals surface area contributed by atoms with Crippen LogP contribution in [0.3, 0.4) is 0 Å². The molecule has 21 heavy (non-hydrogen) atoms. The van der Waals surface area contributed by atoms with E-state index in [9.17, 15) is 14.3 Å². The number of carbonyl (C=O) groups excluding carboxylic acids is 1. The van der Waals surface area contributed by atoms with Crippen LogP contribution in [0.1, 0.15) is 28.3 Å². The molecule has 3 nitrogen and oxygen atoms in total. The van der Waals surface area contributed by atoms with Crippen molar-refractivity contribution in [3.05, 3.63) is 65.5 Å². The van der Waals surface area contributed by atoms with Crippen molar-refractivity contribution in [2.75, 3.05) is 13.1 Å². The van der Waals surface area contributed by atoms with E-state index < -0.39 is 0 Å². The number of hydrogen-bond acceptors (Lipinski definition) is 2. The van der Waals surface area contributed by atoms with Crippen molar-refractivity contribution in [2.45, 2.75) is 12.3 Å². The van der Waals surface area contributed by atoms with E-state index in [1.807, 2.05) is 6.07 Å². The van der Waals surface area contributed by atoms with Gasteiger partial charge in [0.2, 0.25) is 0 Å². The SMILES string of the molecule is O=C(c1ccccc1O)N1CC[C@H](c2cccc(F)c2)C1. The van der Waals surface area contributed by atoms with Crippen molar-refractivity contribution >= 4 is 5.91 Å². The molecule has 0 radical (unpaired) electrons. The highest BCUT2D eigenvalue weighted by atomic mass is 19.1. The fourth-order valence-corrected chi connectivity index (χ4v) is 2.80. The van der Waals surface area contributed by atoms with Crippen LogP contribution in [0.15, 0.2) is 48.5 Å². The van der Waals surface area contributed by atoms with Crippen molar-refractivity contribution in [3.63, 3.8) is 0 Å². The first-order valence-electron chi connectivity index (χ1n) is 6.98. The lowest BCUT2D eigenvalue weighted by Crippen LogP contribution is -2.28. The Morgan fingerprint density at radius 1 is 1.19 bits per heavy atom. The average molecular weight is 285 g/mol. The molecule has 1 aliphatic heterocycles. The van der Waals surface area contributed by atoms with Crippen LogP contribution in [-0.2, 0) is 0 Å². The third-order valence-corrected chi connectivity index (χ3v) is 3.93. The van der Waals surface area contributed by atoms with Gasteiger partial charge < -0.3 is 10.0 Å². The average Bonchev–Trinajstić information content (AvgIpc) is 2.97. The second-order valence-electron chi connectivity index (χ2n) is 5.31. The number of para-hydroxylation sites is 1. The molecule has 1 heterocycles. The fourth-order valence-electron chi connectivity index (χ4n) is 2.80. The van der Waals surface area contributed by atoms with Gasteiger partial charge in [-0.2, -0.15) is 0 Å². The summed E-state index contributed by atoms with van der Waals surface area (Å²) in [6, 6.07) is 13.1. The van der Waals surface area contributed by atoms with Crippen LogP contribution in [0.5, 0.6) is 5.75 Å². The van der Waals surface area contributed by atoms with Gasteiger partial charge in [-0.05, 0) is 36.2 Å². The summed E-state index contributed by atoms with van der Waals surface area (Å²) >= 11 is 0. The van der Waals surface area contributed by atoms with Gasteiger partial charge in [0.05, 0.1) is 5.56 Å². The number of amides is 1. The molecule has 2 aromatic carbocycles. The van der Waals surface area contributed by atoms with Gasteiger partial charge >= 0.3 is 0 Å². The smallest absolute Gasteiger partial charge is 0.257 e. The van der Waals surface area contributed by atoms with Crippen LogP contribution in [0, 0.1) is 5.82 Å². The van der Waals surface area contributed by atoms with Gasteiger partial charge in [0.15, 0.2) is 0 Å². The van der Waals surface area contributed by atoms with Crippen LogP contribution in [0.25, 0.3) is 0 Å². The molecule has 4 heteroatoms. The standard InChI is InChI=1S/C17H16FNO2/c18-14-5-3-4-12(10-14)13-8-9-19(11-13)17(21)15-6-1-2-7-16(15)20/h1-7,10,13,20H,8-9,11H2/t13-/m0/s1. The molecule has 0 aromatic heterocycles. The molecule has 108 valence electrons. The number of nitrogens with zero attached hydrogens (tertiary/aromatic N) is 1. The molecule has 1 N–H and O–H groups in total. The van der Waals surface area contributed by atoms with E-state index in [0.717, 1.165) is 12.0 Å². The van der Waals surface area contributed by atoms with E-state index in [1.165, 1.54) is 18.2 Å². The first kappa shape index (κ1) is 13.6. The number of phenolic OH excluding ortho intramolecular Hbond substituents is 1. The van der Waals surface area contributed by atoms with Crippen LogP contribution in [-0.4, -0.2) is 29.0 Å². The first-order chi connectivity index (χ1) is 10.1. The number of rotatable bonds is 2. The van der Waals surface area contributed by atoms with Gasteiger partial charge in [0.25, 0.3) is 5.91 Å². The summed E-state index contributed by atoms with van der Waals surface area (Å²) in [7, 11) is 0. The number of hydrogen-bond donors (Lipinski definition) is 1. The minimum absolute atomic E-state index is 0.00305. The number of phenols is 1. The van der Waals surface area contributed by atoms with Crippen LogP contribution >= 0.6 is 0 Å². The maximum Gasteiger partial charge on any atom is 0.257 e. The fraction of sp³-hybridized carbons (Fsp3) is 0.235. The summed E-state index contributed by atoms with van der Waals surface area (Å²) in [5.74, 6) is -0.280. The summed E-state index contributed by atoms with van der Waals surface area (Å²) in [4.78, 5) is 14.1. The predicted molar refractivity (Wildman–Crippen MR) is 77.8 cm³/mol. The Hall–Kier alpha value is -2.36. The third kappa shape index (κ3) is 2.75. The quantitative estimate of drug-likeness (QED) is 0.920. The molecule has 3 rings (SSSR count). The highest BCUT2D eigenvalue weighted by Crippen LogP contribution is 2.29. The van der Waals surface area contributed by atoms with Crippen molar-refractivity contribution in [2.24, 2.45) is 0 Å². The van der Waals surface area contributed by atoms with Crippen molar-refractivity contribution in [1.29, 1.82) is 0 Å². The molecule has 0 bridgehead atoms. The van der Waals surface area contributed by atoms with E-state index >= 15 is 0 Å². The Morgan fingerprint density at radius 3 is 2.76 bits per heavy atom. The van der Waals surface area contributed by atoms with Gasteiger partial charge in [-0.15, -0.1) is 0 Å². The van der Waals surface area contributed by atoms with Crippen LogP contribution < -0.4 is 0 Å². The molecule has 0 spiro atoms. The van der Waals surface area contributed by atoms with Gasteiger partial charge in [-0.3, -0.25) is 4.79 Å². The molecule has 1 amide bonds. The molecular weight excluding hydrogens is 269 g/mol. The summed E-state index contributed by atoms with van der Waals surface area (Å²) in [5.41, 5.74) is 1.24. The van der Waals surface area contributed by atoms with Gasteiger partial charge in [-0.1, -0.05) is 24.3 Å². The maximum atomic E-state index is 13.3. The Bertz CT molecular complexity index is 671. The molecule has 0 unspecified atom stereocenters. The first-order valence-corrected chi connectivity index (χ1v) is 6.98. The molecule has 0 saturated carbocycles.